The van der Waals surface area contributed by atoms with Crippen LogP contribution in [0.4, 0.5) is 0 Å². The van der Waals surface area contributed by atoms with Crippen LogP contribution in [0.2, 0.25) is 0 Å². The van der Waals surface area contributed by atoms with Gasteiger partial charge in [0.05, 0.1) is 12.0 Å². The molecule has 118 valence electrons. The second-order valence-electron chi connectivity index (χ2n) is 5.54. The number of aromatic nitrogens is 1. The van der Waals surface area contributed by atoms with Crippen molar-refractivity contribution in [3.05, 3.63) is 17.8 Å². The van der Waals surface area contributed by atoms with Gasteiger partial charge in [-0.05, 0) is 34.1 Å². The van der Waals surface area contributed by atoms with Crippen molar-refractivity contribution in [1.29, 1.82) is 0 Å². The topological polar surface area (TPSA) is 89.6 Å². The van der Waals surface area contributed by atoms with Gasteiger partial charge in [0.25, 0.3) is 0 Å². The smallest absolute Gasteiger partial charge is 0.328 e. The molecule has 6 nitrogen and oxygen atoms in total. The lowest BCUT2D eigenvalue weighted by Crippen LogP contribution is -2.28. The van der Waals surface area contributed by atoms with Crippen molar-refractivity contribution < 1.29 is 23.8 Å². The number of esters is 1. The maximum absolute atomic E-state index is 11.9. The number of carbonyl (C=O) groups excluding carboxylic acids is 1. The molecule has 1 atom stereocenters. The highest BCUT2D eigenvalue weighted by Crippen LogP contribution is 2.32. The molecule has 1 heterocycles. The van der Waals surface area contributed by atoms with Crippen LogP contribution in [-0.4, -0.2) is 28.6 Å². The molecule has 1 unspecified atom stereocenters. The molecule has 21 heavy (non-hydrogen) atoms. The van der Waals surface area contributed by atoms with Gasteiger partial charge in [-0.25, -0.2) is 4.98 Å². The van der Waals surface area contributed by atoms with Crippen molar-refractivity contribution in [2.75, 3.05) is 6.61 Å². The summed E-state index contributed by atoms with van der Waals surface area (Å²) < 4.78 is 9.21. The molecular formula is C14H20BrNO5. The number of carboxylic acid groups (broad SMARTS) is 1. The number of halogens is 1. The summed E-state index contributed by atoms with van der Waals surface area (Å²) in [6.07, 6.45) is 2.15. The molecule has 0 aliphatic heterocycles. The van der Waals surface area contributed by atoms with Gasteiger partial charge in [0, 0.05) is 6.42 Å². The molecule has 1 aromatic rings. The Morgan fingerprint density at radius 3 is 2.57 bits per heavy atom. The van der Waals surface area contributed by atoms with E-state index in [1.54, 1.807) is 27.7 Å². The van der Waals surface area contributed by atoms with E-state index in [4.69, 9.17) is 14.3 Å². The van der Waals surface area contributed by atoms with Crippen LogP contribution >= 0.6 is 15.9 Å². The number of alkyl halides is 1. The lowest BCUT2D eigenvalue weighted by atomic mass is 9.88. The van der Waals surface area contributed by atoms with Gasteiger partial charge < -0.3 is 14.3 Å². The summed E-state index contributed by atoms with van der Waals surface area (Å²) >= 11 is 3.29. The molecule has 1 N–H and O–H groups in total. The monoisotopic (exact) mass is 361 g/mol. The highest BCUT2D eigenvalue weighted by molar-refractivity contribution is 9.10. The first-order valence-corrected chi connectivity index (χ1v) is 7.45. The molecule has 0 saturated carbocycles. The molecule has 7 heteroatoms. The van der Waals surface area contributed by atoms with Crippen molar-refractivity contribution in [2.45, 2.75) is 44.9 Å². The van der Waals surface area contributed by atoms with Gasteiger partial charge in [0.2, 0.25) is 0 Å². The fourth-order valence-corrected chi connectivity index (χ4v) is 1.84. The third-order valence-corrected chi connectivity index (χ3v) is 3.96. The minimum absolute atomic E-state index is 0.275. The maximum atomic E-state index is 11.9. The second-order valence-corrected chi connectivity index (χ2v) is 7.12. The SMILES string of the molecule is CCOC(=O)C(C)(Br)c1coc(CCC(C)(C)C(=O)O)n1. The first-order chi connectivity index (χ1) is 9.61. The number of hydrogen-bond acceptors (Lipinski definition) is 5. The zero-order chi connectivity index (χ0) is 16.3. The number of rotatable bonds is 7. The van der Waals surface area contributed by atoms with Crippen molar-refractivity contribution in [2.24, 2.45) is 5.41 Å². The van der Waals surface area contributed by atoms with Crippen molar-refractivity contribution in [3.8, 4) is 0 Å². The number of carbonyl (C=O) groups is 2. The lowest BCUT2D eigenvalue weighted by Gasteiger charge is -2.18. The van der Waals surface area contributed by atoms with E-state index in [9.17, 15) is 9.59 Å². The Morgan fingerprint density at radius 1 is 1.43 bits per heavy atom. The molecule has 1 aromatic heterocycles. The summed E-state index contributed by atoms with van der Waals surface area (Å²) in [6, 6.07) is 0. The molecule has 0 radical (unpaired) electrons. The van der Waals surface area contributed by atoms with Crippen LogP contribution < -0.4 is 0 Å². The fraction of sp³-hybridized carbons (Fsp3) is 0.643. The summed E-state index contributed by atoms with van der Waals surface area (Å²) in [5.41, 5.74) is -0.447. The largest absolute Gasteiger partial charge is 0.481 e. The minimum Gasteiger partial charge on any atom is -0.481 e. The summed E-state index contributed by atoms with van der Waals surface area (Å²) in [5.74, 6) is -0.920. The minimum atomic E-state index is -1.08. The van der Waals surface area contributed by atoms with Gasteiger partial charge in [0.1, 0.15) is 12.0 Å². The first kappa shape index (κ1) is 17.7. The van der Waals surface area contributed by atoms with E-state index in [1.807, 2.05) is 0 Å². The Hall–Kier alpha value is -1.37. The van der Waals surface area contributed by atoms with Crippen LogP contribution in [0.5, 0.6) is 0 Å². The number of ether oxygens (including phenoxy) is 1. The number of aliphatic carboxylic acids is 1. The van der Waals surface area contributed by atoms with Crippen LogP contribution in [0.1, 0.15) is 45.7 Å². The van der Waals surface area contributed by atoms with Gasteiger partial charge >= 0.3 is 11.9 Å². The normalized spacial score (nSPS) is 14.5. The predicted octanol–water partition coefficient (Wildman–Crippen LogP) is 2.89. The Balaban J connectivity index is 2.78. The zero-order valence-corrected chi connectivity index (χ0v) is 14.2. The van der Waals surface area contributed by atoms with Crippen LogP contribution in [0.25, 0.3) is 0 Å². The van der Waals surface area contributed by atoms with E-state index >= 15 is 0 Å². The van der Waals surface area contributed by atoms with Crippen LogP contribution in [0.15, 0.2) is 10.7 Å². The number of aryl methyl sites for hydroxylation is 1. The lowest BCUT2D eigenvalue weighted by molar-refractivity contribution is -0.147. The Bertz CT molecular complexity index is 521. The number of nitrogens with zero attached hydrogens (tertiary/aromatic N) is 1. The standard InChI is InChI=1S/C14H20BrNO5/c1-5-20-12(19)14(4,15)9-8-21-10(16-9)6-7-13(2,3)11(17)18/h8H,5-7H2,1-4H3,(H,17,18). The third-order valence-electron chi connectivity index (χ3n) is 3.23. The highest BCUT2D eigenvalue weighted by Gasteiger charge is 2.37. The molecule has 1 rings (SSSR count). The van der Waals surface area contributed by atoms with E-state index in [0.29, 0.717) is 24.4 Å². The third kappa shape index (κ3) is 4.30. The van der Waals surface area contributed by atoms with Gasteiger partial charge in [-0.3, -0.25) is 9.59 Å². The average Bonchev–Trinajstić information content (AvgIpc) is 2.86. The number of hydrogen-bond donors (Lipinski definition) is 1. The predicted molar refractivity (Wildman–Crippen MR) is 79.2 cm³/mol. The molecule has 0 amide bonds. The molecule has 0 aliphatic rings. The second kappa shape index (κ2) is 6.60. The maximum Gasteiger partial charge on any atom is 0.328 e. The van der Waals surface area contributed by atoms with Crippen LogP contribution in [-0.2, 0) is 25.1 Å². The quantitative estimate of drug-likeness (QED) is 0.593. The molecule has 0 saturated heterocycles. The Labute approximate surface area is 132 Å². The van der Waals surface area contributed by atoms with Crippen LogP contribution in [0, 0.1) is 5.41 Å². The first-order valence-electron chi connectivity index (χ1n) is 6.65. The van der Waals surface area contributed by atoms with Gasteiger partial charge in [-0.2, -0.15) is 0 Å². The molecule has 0 aromatic carbocycles. The van der Waals surface area contributed by atoms with Gasteiger partial charge in [0.15, 0.2) is 10.2 Å². The molecular weight excluding hydrogens is 342 g/mol. The average molecular weight is 362 g/mol. The summed E-state index contributed by atoms with van der Waals surface area (Å²) in [7, 11) is 0. The fourth-order valence-electron chi connectivity index (χ4n) is 1.54. The Kier molecular flexibility index (Phi) is 5.55. The van der Waals surface area contributed by atoms with E-state index in [-0.39, 0.29) is 6.61 Å². The van der Waals surface area contributed by atoms with Crippen molar-refractivity contribution in [3.63, 3.8) is 0 Å². The van der Waals surface area contributed by atoms with Crippen LogP contribution in [0.3, 0.4) is 0 Å². The summed E-state index contributed by atoms with van der Waals surface area (Å²) in [6.45, 7) is 6.92. The van der Waals surface area contributed by atoms with Gasteiger partial charge in [-0.1, -0.05) is 15.9 Å². The molecule has 0 spiro atoms. The van der Waals surface area contributed by atoms with E-state index in [1.165, 1.54) is 6.26 Å². The van der Waals surface area contributed by atoms with E-state index in [2.05, 4.69) is 20.9 Å². The molecule has 0 fully saturated rings. The molecule has 0 bridgehead atoms. The van der Waals surface area contributed by atoms with E-state index in [0.717, 1.165) is 0 Å². The number of carboxylic acids is 1. The van der Waals surface area contributed by atoms with Crippen molar-refractivity contribution in [1.82, 2.24) is 4.98 Å². The molecule has 0 aliphatic carbocycles. The van der Waals surface area contributed by atoms with Crippen molar-refractivity contribution >= 4 is 27.9 Å². The zero-order valence-electron chi connectivity index (χ0n) is 12.6. The van der Waals surface area contributed by atoms with E-state index < -0.39 is 21.7 Å². The summed E-state index contributed by atoms with van der Waals surface area (Å²) in [4.78, 5) is 27.1. The Morgan fingerprint density at radius 2 is 2.05 bits per heavy atom. The van der Waals surface area contributed by atoms with Gasteiger partial charge in [-0.15, -0.1) is 0 Å². The number of oxazole rings is 1. The summed E-state index contributed by atoms with van der Waals surface area (Å²) in [5, 5.41) is 9.07. The highest BCUT2D eigenvalue weighted by atomic mass is 79.9.